The van der Waals surface area contributed by atoms with Crippen LogP contribution in [0.25, 0.3) is 0 Å². The third-order valence-electron chi connectivity index (χ3n) is 1.75. The number of hydrogen-bond acceptors (Lipinski definition) is 4. The topological polar surface area (TPSA) is 64.9 Å². The standard InChI is InChI=1S/C8H14FN3O.ClH/c1-8(2,5-9)7-11-6(3-4-10)12-13-7;/h3-5,10H2,1-2H3;1H. The molecule has 82 valence electrons. The van der Waals surface area contributed by atoms with Gasteiger partial charge in [0.15, 0.2) is 5.82 Å². The van der Waals surface area contributed by atoms with E-state index in [0.717, 1.165) is 0 Å². The summed E-state index contributed by atoms with van der Waals surface area (Å²) in [5.74, 6) is 0.873. The first-order chi connectivity index (χ1) is 6.10. The molecule has 0 spiro atoms. The minimum absolute atomic E-state index is 0. The van der Waals surface area contributed by atoms with E-state index in [0.29, 0.717) is 24.7 Å². The van der Waals surface area contributed by atoms with Gasteiger partial charge in [0.2, 0.25) is 5.89 Å². The smallest absolute Gasteiger partial charge is 0.234 e. The van der Waals surface area contributed by atoms with Crippen molar-refractivity contribution in [1.29, 1.82) is 0 Å². The van der Waals surface area contributed by atoms with Crippen molar-refractivity contribution in [3.63, 3.8) is 0 Å². The molecule has 0 amide bonds. The third kappa shape index (κ3) is 2.92. The lowest BCUT2D eigenvalue weighted by Crippen LogP contribution is -2.20. The van der Waals surface area contributed by atoms with E-state index in [-0.39, 0.29) is 12.4 Å². The van der Waals surface area contributed by atoms with E-state index < -0.39 is 12.1 Å². The first kappa shape index (κ1) is 13.3. The Kier molecular flexibility index (Phi) is 5.01. The van der Waals surface area contributed by atoms with Crippen LogP contribution >= 0.6 is 12.4 Å². The van der Waals surface area contributed by atoms with Crippen molar-refractivity contribution in [3.05, 3.63) is 11.7 Å². The predicted octanol–water partition coefficient (Wildman–Crippen LogP) is 1.24. The van der Waals surface area contributed by atoms with Crippen molar-refractivity contribution >= 4 is 12.4 Å². The summed E-state index contributed by atoms with van der Waals surface area (Å²) >= 11 is 0. The molecule has 2 N–H and O–H groups in total. The molecule has 1 aromatic rings. The quantitative estimate of drug-likeness (QED) is 0.834. The molecular weight excluding hydrogens is 209 g/mol. The number of hydrogen-bond donors (Lipinski definition) is 1. The minimum atomic E-state index is -0.695. The summed E-state index contributed by atoms with van der Waals surface area (Å²) < 4.78 is 17.4. The molecule has 6 heteroatoms. The van der Waals surface area contributed by atoms with Gasteiger partial charge >= 0.3 is 0 Å². The Balaban J connectivity index is 0.00000169. The maximum atomic E-state index is 12.5. The highest BCUT2D eigenvalue weighted by Gasteiger charge is 2.27. The second-order valence-electron chi connectivity index (χ2n) is 3.57. The SMILES string of the molecule is CC(C)(CF)c1nc(CCN)no1.Cl. The van der Waals surface area contributed by atoms with Gasteiger partial charge in [0, 0.05) is 6.42 Å². The van der Waals surface area contributed by atoms with Crippen LogP contribution in [0, 0.1) is 0 Å². The fraction of sp³-hybridized carbons (Fsp3) is 0.750. The molecule has 1 aromatic heterocycles. The number of alkyl halides is 1. The fourth-order valence-corrected chi connectivity index (χ4v) is 0.817. The highest BCUT2D eigenvalue weighted by molar-refractivity contribution is 5.85. The lowest BCUT2D eigenvalue weighted by Gasteiger charge is -2.13. The summed E-state index contributed by atoms with van der Waals surface area (Å²) in [7, 11) is 0. The monoisotopic (exact) mass is 223 g/mol. The van der Waals surface area contributed by atoms with Crippen LogP contribution in [0.1, 0.15) is 25.6 Å². The first-order valence-corrected chi connectivity index (χ1v) is 4.19. The van der Waals surface area contributed by atoms with E-state index in [1.54, 1.807) is 13.8 Å². The summed E-state index contributed by atoms with van der Waals surface area (Å²) in [6.45, 7) is 3.38. The van der Waals surface area contributed by atoms with Crippen LogP contribution in [-0.4, -0.2) is 23.4 Å². The van der Waals surface area contributed by atoms with Crippen LogP contribution < -0.4 is 5.73 Å². The average Bonchev–Trinajstić information content (AvgIpc) is 2.54. The van der Waals surface area contributed by atoms with Crippen LogP contribution in [0.2, 0.25) is 0 Å². The second-order valence-corrected chi connectivity index (χ2v) is 3.57. The number of nitrogens with two attached hydrogens (primary N) is 1. The summed E-state index contributed by atoms with van der Waals surface area (Å²) in [5, 5.41) is 3.69. The van der Waals surface area contributed by atoms with Crippen molar-refractivity contribution in [1.82, 2.24) is 10.1 Å². The molecule has 4 nitrogen and oxygen atoms in total. The Morgan fingerprint density at radius 1 is 1.50 bits per heavy atom. The first-order valence-electron chi connectivity index (χ1n) is 4.19. The molecule has 0 fully saturated rings. The van der Waals surface area contributed by atoms with E-state index in [4.69, 9.17) is 10.3 Å². The highest BCUT2D eigenvalue weighted by atomic mass is 35.5. The molecule has 1 heterocycles. The average molecular weight is 224 g/mol. The van der Waals surface area contributed by atoms with Crippen molar-refractivity contribution in [3.8, 4) is 0 Å². The van der Waals surface area contributed by atoms with Crippen molar-refractivity contribution in [2.24, 2.45) is 5.73 Å². The Hall–Kier alpha value is -0.680. The van der Waals surface area contributed by atoms with Gasteiger partial charge in [0.25, 0.3) is 0 Å². The summed E-state index contributed by atoms with van der Waals surface area (Å²) in [4.78, 5) is 4.04. The Morgan fingerprint density at radius 3 is 2.64 bits per heavy atom. The van der Waals surface area contributed by atoms with E-state index in [1.165, 1.54) is 0 Å². The van der Waals surface area contributed by atoms with Gasteiger partial charge in [-0.2, -0.15) is 4.98 Å². The maximum Gasteiger partial charge on any atom is 0.234 e. The molecule has 0 unspecified atom stereocenters. The van der Waals surface area contributed by atoms with E-state index >= 15 is 0 Å². The fourth-order valence-electron chi connectivity index (χ4n) is 0.817. The maximum absolute atomic E-state index is 12.5. The Morgan fingerprint density at radius 2 is 2.14 bits per heavy atom. The molecule has 14 heavy (non-hydrogen) atoms. The van der Waals surface area contributed by atoms with Gasteiger partial charge in [0.1, 0.15) is 6.67 Å². The predicted molar refractivity (Wildman–Crippen MR) is 53.3 cm³/mol. The Bertz CT molecular complexity index is 277. The van der Waals surface area contributed by atoms with Crippen LogP contribution in [-0.2, 0) is 11.8 Å². The molecule has 0 bridgehead atoms. The molecular formula is C8H15ClFN3O. The summed E-state index contributed by atoms with van der Waals surface area (Å²) in [5.41, 5.74) is 4.62. The molecule has 0 aliphatic carbocycles. The third-order valence-corrected chi connectivity index (χ3v) is 1.75. The van der Waals surface area contributed by atoms with Crippen LogP contribution in [0.3, 0.4) is 0 Å². The van der Waals surface area contributed by atoms with Gasteiger partial charge in [-0.25, -0.2) is 4.39 Å². The molecule has 0 aliphatic heterocycles. The number of aromatic nitrogens is 2. The van der Waals surface area contributed by atoms with Gasteiger partial charge in [-0.3, -0.25) is 0 Å². The van der Waals surface area contributed by atoms with Crippen molar-refractivity contribution in [2.75, 3.05) is 13.2 Å². The van der Waals surface area contributed by atoms with E-state index in [2.05, 4.69) is 10.1 Å². The highest BCUT2D eigenvalue weighted by Crippen LogP contribution is 2.21. The largest absolute Gasteiger partial charge is 0.339 e. The number of rotatable bonds is 4. The van der Waals surface area contributed by atoms with E-state index in [1.807, 2.05) is 0 Å². The molecule has 0 saturated heterocycles. The minimum Gasteiger partial charge on any atom is -0.339 e. The molecule has 0 saturated carbocycles. The van der Waals surface area contributed by atoms with Gasteiger partial charge in [0.05, 0.1) is 5.41 Å². The molecule has 0 atom stereocenters. The number of halogens is 2. The van der Waals surface area contributed by atoms with Crippen molar-refractivity contribution < 1.29 is 8.91 Å². The molecule has 0 radical (unpaired) electrons. The zero-order valence-electron chi connectivity index (χ0n) is 8.29. The van der Waals surface area contributed by atoms with E-state index in [9.17, 15) is 4.39 Å². The van der Waals surface area contributed by atoms with Crippen LogP contribution in [0.15, 0.2) is 4.52 Å². The second kappa shape index (κ2) is 5.26. The lowest BCUT2D eigenvalue weighted by molar-refractivity contribution is 0.258. The molecule has 0 aromatic carbocycles. The van der Waals surface area contributed by atoms with Crippen molar-refractivity contribution in [2.45, 2.75) is 25.7 Å². The van der Waals surface area contributed by atoms with Crippen LogP contribution in [0.4, 0.5) is 4.39 Å². The normalized spacial score (nSPS) is 11.1. The zero-order chi connectivity index (χ0) is 9.90. The van der Waals surface area contributed by atoms with Crippen LogP contribution in [0.5, 0.6) is 0 Å². The summed E-state index contributed by atoms with van der Waals surface area (Å²) in [6, 6.07) is 0. The Labute approximate surface area is 88.5 Å². The van der Waals surface area contributed by atoms with Gasteiger partial charge in [-0.15, -0.1) is 12.4 Å². The van der Waals surface area contributed by atoms with Gasteiger partial charge in [-0.05, 0) is 20.4 Å². The lowest BCUT2D eigenvalue weighted by atomic mass is 9.96. The van der Waals surface area contributed by atoms with Gasteiger partial charge in [-0.1, -0.05) is 5.16 Å². The molecule has 0 aliphatic rings. The molecule has 1 rings (SSSR count). The summed E-state index contributed by atoms with van der Waals surface area (Å²) in [6.07, 6.45) is 0.561. The zero-order valence-corrected chi connectivity index (χ0v) is 9.10. The van der Waals surface area contributed by atoms with Gasteiger partial charge < -0.3 is 10.3 Å². The number of nitrogens with zero attached hydrogens (tertiary/aromatic N) is 2.